The molecule has 0 heterocycles. The molecular formula is C14H29N3. The summed E-state index contributed by atoms with van der Waals surface area (Å²) in [5.41, 5.74) is 5.80. The minimum absolute atomic E-state index is 0.578. The van der Waals surface area contributed by atoms with E-state index in [-0.39, 0.29) is 0 Å². The smallest absolute Gasteiger partial charge is 0.188 e. The lowest BCUT2D eigenvalue weighted by Crippen LogP contribution is -2.34. The van der Waals surface area contributed by atoms with E-state index in [0.717, 1.165) is 24.9 Å². The average molecular weight is 239 g/mol. The summed E-state index contributed by atoms with van der Waals surface area (Å²) >= 11 is 0. The van der Waals surface area contributed by atoms with Gasteiger partial charge in [-0.3, -0.25) is 4.99 Å². The molecule has 2 atom stereocenters. The van der Waals surface area contributed by atoms with Crippen molar-refractivity contribution < 1.29 is 0 Å². The normalized spacial score (nSPS) is 26.2. The van der Waals surface area contributed by atoms with Gasteiger partial charge in [-0.2, -0.15) is 0 Å². The average Bonchev–Trinajstić information content (AvgIpc) is 2.26. The van der Waals surface area contributed by atoms with Crippen LogP contribution in [-0.2, 0) is 0 Å². The van der Waals surface area contributed by atoms with E-state index in [2.05, 4.69) is 31.1 Å². The van der Waals surface area contributed by atoms with Crippen molar-refractivity contribution in [2.24, 2.45) is 28.5 Å². The Morgan fingerprint density at radius 1 is 1.41 bits per heavy atom. The molecule has 0 spiro atoms. The molecule has 0 aromatic rings. The second kappa shape index (κ2) is 7.57. The molecule has 1 rings (SSSR count). The molecule has 100 valence electrons. The lowest BCUT2D eigenvalue weighted by atomic mass is 9.81. The summed E-state index contributed by atoms with van der Waals surface area (Å²) in [6, 6.07) is 0. The Kier molecular flexibility index (Phi) is 6.38. The molecule has 1 aliphatic carbocycles. The van der Waals surface area contributed by atoms with E-state index >= 15 is 0 Å². The van der Waals surface area contributed by atoms with Gasteiger partial charge in [0, 0.05) is 13.1 Å². The number of nitrogens with one attached hydrogen (secondary N) is 1. The summed E-state index contributed by atoms with van der Waals surface area (Å²) < 4.78 is 0. The number of nitrogens with two attached hydrogens (primary N) is 1. The SMILES string of the molecule is CC(C)CN=C(N)NCCC1CCCC(C)C1. The molecule has 3 N–H and O–H groups in total. The van der Waals surface area contributed by atoms with Gasteiger partial charge in [0.25, 0.3) is 0 Å². The number of rotatable bonds is 5. The van der Waals surface area contributed by atoms with Crippen molar-refractivity contribution in [2.45, 2.75) is 52.9 Å². The first-order valence-electron chi connectivity index (χ1n) is 7.11. The first-order chi connectivity index (χ1) is 8.08. The van der Waals surface area contributed by atoms with Gasteiger partial charge in [0.2, 0.25) is 0 Å². The summed E-state index contributed by atoms with van der Waals surface area (Å²) in [6.07, 6.45) is 6.85. The van der Waals surface area contributed by atoms with E-state index in [0.29, 0.717) is 11.9 Å². The third kappa shape index (κ3) is 6.54. The molecule has 17 heavy (non-hydrogen) atoms. The monoisotopic (exact) mass is 239 g/mol. The predicted molar refractivity (Wildman–Crippen MR) is 75.1 cm³/mol. The minimum atomic E-state index is 0.578. The molecule has 0 amide bonds. The van der Waals surface area contributed by atoms with Gasteiger partial charge in [-0.1, -0.05) is 40.0 Å². The first kappa shape index (κ1) is 14.3. The summed E-state index contributed by atoms with van der Waals surface area (Å²) in [4.78, 5) is 4.30. The Balaban J connectivity index is 2.12. The van der Waals surface area contributed by atoms with E-state index in [4.69, 9.17) is 5.73 Å². The number of guanidine groups is 1. The van der Waals surface area contributed by atoms with Crippen LogP contribution in [0, 0.1) is 17.8 Å². The van der Waals surface area contributed by atoms with Gasteiger partial charge in [0.1, 0.15) is 0 Å². The molecule has 2 unspecified atom stereocenters. The highest BCUT2D eigenvalue weighted by Crippen LogP contribution is 2.30. The van der Waals surface area contributed by atoms with Crippen LogP contribution in [0.25, 0.3) is 0 Å². The number of hydrogen-bond acceptors (Lipinski definition) is 1. The minimum Gasteiger partial charge on any atom is -0.370 e. The lowest BCUT2D eigenvalue weighted by molar-refractivity contribution is 0.270. The molecule has 0 aromatic carbocycles. The largest absolute Gasteiger partial charge is 0.370 e. The summed E-state index contributed by atoms with van der Waals surface area (Å²) in [6.45, 7) is 8.47. The van der Waals surface area contributed by atoms with E-state index in [9.17, 15) is 0 Å². The molecule has 3 nitrogen and oxygen atoms in total. The summed E-state index contributed by atoms with van der Waals surface area (Å²) in [5, 5.41) is 3.23. The topological polar surface area (TPSA) is 50.4 Å². The predicted octanol–water partition coefficient (Wildman–Crippen LogP) is 2.76. The molecular weight excluding hydrogens is 210 g/mol. The Hall–Kier alpha value is -0.730. The molecule has 1 fully saturated rings. The third-order valence-electron chi connectivity index (χ3n) is 3.53. The van der Waals surface area contributed by atoms with E-state index in [1.54, 1.807) is 0 Å². The molecule has 3 heteroatoms. The van der Waals surface area contributed by atoms with Gasteiger partial charge in [-0.05, 0) is 30.6 Å². The molecule has 1 aliphatic rings. The zero-order valence-electron chi connectivity index (χ0n) is 11.7. The lowest BCUT2D eigenvalue weighted by Gasteiger charge is -2.26. The molecule has 0 saturated heterocycles. The second-order valence-electron chi connectivity index (χ2n) is 5.97. The van der Waals surface area contributed by atoms with Crippen LogP contribution in [0.3, 0.4) is 0 Å². The van der Waals surface area contributed by atoms with Crippen molar-refractivity contribution in [2.75, 3.05) is 13.1 Å². The zero-order valence-corrected chi connectivity index (χ0v) is 11.7. The van der Waals surface area contributed by atoms with Gasteiger partial charge in [0.15, 0.2) is 5.96 Å². The van der Waals surface area contributed by atoms with Crippen molar-refractivity contribution in [3.63, 3.8) is 0 Å². The van der Waals surface area contributed by atoms with Gasteiger partial charge in [-0.15, -0.1) is 0 Å². The Bertz CT molecular complexity index is 236. The Morgan fingerprint density at radius 3 is 2.82 bits per heavy atom. The highest BCUT2D eigenvalue weighted by molar-refractivity contribution is 5.77. The van der Waals surface area contributed by atoms with Crippen molar-refractivity contribution in [3.05, 3.63) is 0 Å². The van der Waals surface area contributed by atoms with Gasteiger partial charge in [-0.25, -0.2) is 0 Å². The van der Waals surface area contributed by atoms with Crippen LogP contribution < -0.4 is 11.1 Å². The van der Waals surface area contributed by atoms with Crippen LogP contribution in [0.5, 0.6) is 0 Å². The molecule has 1 saturated carbocycles. The van der Waals surface area contributed by atoms with Crippen LogP contribution in [0.2, 0.25) is 0 Å². The highest BCUT2D eigenvalue weighted by Gasteiger charge is 2.18. The zero-order chi connectivity index (χ0) is 12.7. The third-order valence-corrected chi connectivity index (χ3v) is 3.53. The molecule has 0 radical (unpaired) electrons. The van der Waals surface area contributed by atoms with Gasteiger partial charge >= 0.3 is 0 Å². The number of aliphatic imine (C=N–C) groups is 1. The van der Waals surface area contributed by atoms with E-state index in [1.165, 1.54) is 32.1 Å². The molecule has 0 bridgehead atoms. The number of nitrogens with zero attached hydrogens (tertiary/aromatic N) is 1. The molecule has 0 aromatic heterocycles. The van der Waals surface area contributed by atoms with Crippen molar-refractivity contribution in [1.82, 2.24) is 5.32 Å². The molecule has 0 aliphatic heterocycles. The fourth-order valence-corrected chi connectivity index (χ4v) is 2.56. The van der Waals surface area contributed by atoms with Crippen LogP contribution in [-0.4, -0.2) is 19.0 Å². The Labute approximate surface area is 106 Å². The maximum absolute atomic E-state index is 5.80. The summed E-state index contributed by atoms with van der Waals surface area (Å²) in [7, 11) is 0. The fourth-order valence-electron chi connectivity index (χ4n) is 2.56. The maximum atomic E-state index is 5.80. The van der Waals surface area contributed by atoms with Crippen LogP contribution in [0.15, 0.2) is 4.99 Å². The fraction of sp³-hybridized carbons (Fsp3) is 0.929. The standard InChI is InChI=1S/C14H29N3/c1-11(2)10-17-14(15)16-8-7-13-6-4-5-12(3)9-13/h11-13H,4-10H2,1-3H3,(H3,15,16,17). The van der Waals surface area contributed by atoms with Crippen molar-refractivity contribution in [1.29, 1.82) is 0 Å². The maximum Gasteiger partial charge on any atom is 0.188 e. The first-order valence-corrected chi connectivity index (χ1v) is 7.11. The van der Waals surface area contributed by atoms with Crippen LogP contribution >= 0.6 is 0 Å². The quantitative estimate of drug-likeness (QED) is 0.572. The second-order valence-corrected chi connectivity index (χ2v) is 5.97. The summed E-state index contributed by atoms with van der Waals surface area (Å²) in [5.74, 6) is 3.00. The van der Waals surface area contributed by atoms with E-state index < -0.39 is 0 Å². The van der Waals surface area contributed by atoms with Crippen molar-refractivity contribution >= 4 is 5.96 Å². The van der Waals surface area contributed by atoms with E-state index in [1.807, 2.05) is 0 Å². The highest BCUT2D eigenvalue weighted by atomic mass is 15.1. The Morgan fingerprint density at radius 2 is 2.18 bits per heavy atom. The van der Waals surface area contributed by atoms with Crippen LogP contribution in [0.1, 0.15) is 52.9 Å². The van der Waals surface area contributed by atoms with Crippen molar-refractivity contribution in [3.8, 4) is 0 Å². The number of hydrogen-bond donors (Lipinski definition) is 2. The van der Waals surface area contributed by atoms with Gasteiger partial charge < -0.3 is 11.1 Å². The van der Waals surface area contributed by atoms with Gasteiger partial charge in [0.05, 0.1) is 0 Å². The van der Waals surface area contributed by atoms with Crippen LogP contribution in [0.4, 0.5) is 0 Å².